The molecule has 0 spiro atoms. The molecule has 1 fully saturated rings. The van der Waals surface area contributed by atoms with Crippen molar-refractivity contribution in [3.63, 3.8) is 0 Å². The fraction of sp³-hybridized carbons (Fsp3) is 0.520. The molecule has 0 bridgehead atoms. The molecular weight excluding hydrogens is 500 g/mol. The van der Waals surface area contributed by atoms with E-state index < -0.39 is 30.8 Å². The maximum Gasteiger partial charge on any atom is 0.303 e. The summed E-state index contributed by atoms with van der Waals surface area (Å²) in [6.07, 6.45) is 3.32. The number of rotatable bonds is 10. The van der Waals surface area contributed by atoms with E-state index in [1.54, 1.807) is 30.1 Å². The molecule has 1 aliphatic rings. The van der Waals surface area contributed by atoms with Crippen molar-refractivity contribution in [3.8, 4) is 17.1 Å². The van der Waals surface area contributed by atoms with Crippen LogP contribution in [0.3, 0.4) is 0 Å². The molecule has 3 aromatic rings. The quantitative estimate of drug-likeness (QED) is 0.420. The van der Waals surface area contributed by atoms with Crippen LogP contribution in [0.2, 0.25) is 0 Å². The zero-order valence-corrected chi connectivity index (χ0v) is 21.6. The number of anilines is 1. The fourth-order valence-electron chi connectivity index (χ4n) is 4.71. The Hall–Kier alpha value is -3.90. The SMILES string of the molecule is CCCn1cc(OCc2c(-c3ccc(N4C[C@@H](CC(=O)O)CC(F)(F)C4)c(CC)n3)nnn2C)c(=O)cn1. The van der Waals surface area contributed by atoms with Gasteiger partial charge in [-0.2, -0.15) is 5.10 Å². The zero-order chi connectivity index (χ0) is 27.4. The molecule has 1 aliphatic heterocycles. The average Bonchev–Trinajstić information content (AvgIpc) is 3.22. The number of carboxylic acid groups (broad SMARTS) is 1. The molecule has 11 nitrogen and oxygen atoms in total. The molecule has 1 saturated heterocycles. The third-order valence-electron chi connectivity index (χ3n) is 6.41. The standard InChI is InChI=1S/C25H31F2N7O4/c1-4-8-34-13-22(21(35)11-28-34)38-14-20-24(30-31-32(20)3)18-6-7-19(17(5-2)29-18)33-12-16(9-23(36)37)10-25(26,27)15-33/h6-7,11,13,16H,4-5,8-10,12,14-15H2,1-3H3,(H,36,37)/t16-/m0/s1. The van der Waals surface area contributed by atoms with Crippen LogP contribution in [-0.2, 0) is 31.4 Å². The van der Waals surface area contributed by atoms with E-state index >= 15 is 0 Å². The molecule has 4 heterocycles. The molecule has 1 atom stereocenters. The van der Waals surface area contributed by atoms with Crippen LogP contribution < -0.4 is 15.1 Å². The molecule has 1 N–H and O–H groups in total. The van der Waals surface area contributed by atoms with Gasteiger partial charge in [-0.1, -0.05) is 19.1 Å². The molecule has 0 aromatic carbocycles. The number of aromatic nitrogens is 6. The van der Waals surface area contributed by atoms with Crippen molar-refractivity contribution in [2.24, 2.45) is 13.0 Å². The number of aryl methyl sites for hydroxylation is 3. The van der Waals surface area contributed by atoms with E-state index in [1.807, 2.05) is 13.8 Å². The van der Waals surface area contributed by atoms with Gasteiger partial charge in [0, 0.05) is 26.6 Å². The van der Waals surface area contributed by atoms with E-state index in [0.29, 0.717) is 41.4 Å². The number of hydrogen-bond donors (Lipinski definition) is 1. The largest absolute Gasteiger partial charge is 0.481 e. The summed E-state index contributed by atoms with van der Waals surface area (Å²) in [5.41, 5.74) is 2.30. The second-order valence-electron chi connectivity index (χ2n) is 9.48. The lowest BCUT2D eigenvalue weighted by atomic mass is 9.91. The first kappa shape index (κ1) is 27.1. The van der Waals surface area contributed by atoms with Crippen LogP contribution in [-0.4, -0.2) is 59.8 Å². The van der Waals surface area contributed by atoms with Gasteiger partial charge in [-0.05, 0) is 30.9 Å². The van der Waals surface area contributed by atoms with Gasteiger partial charge in [-0.15, -0.1) is 5.10 Å². The van der Waals surface area contributed by atoms with Gasteiger partial charge in [0.2, 0.25) is 5.43 Å². The van der Waals surface area contributed by atoms with Crippen molar-refractivity contribution < 1.29 is 23.4 Å². The van der Waals surface area contributed by atoms with Crippen LogP contribution >= 0.6 is 0 Å². The number of hydrogen-bond acceptors (Lipinski definition) is 8. The third-order valence-corrected chi connectivity index (χ3v) is 6.41. The van der Waals surface area contributed by atoms with Crippen molar-refractivity contribution in [2.75, 3.05) is 18.0 Å². The highest BCUT2D eigenvalue weighted by molar-refractivity contribution is 5.67. The van der Waals surface area contributed by atoms with Crippen LogP contribution in [0.15, 0.2) is 29.3 Å². The first-order chi connectivity index (χ1) is 18.1. The van der Waals surface area contributed by atoms with Gasteiger partial charge in [-0.3, -0.25) is 14.3 Å². The minimum Gasteiger partial charge on any atom is -0.481 e. The summed E-state index contributed by atoms with van der Waals surface area (Å²) in [4.78, 5) is 29.6. The third kappa shape index (κ3) is 6.14. The summed E-state index contributed by atoms with van der Waals surface area (Å²) in [5, 5.41) is 21.5. The number of carbonyl (C=O) groups is 1. The number of piperidine rings is 1. The van der Waals surface area contributed by atoms with Gasteiger partial charge < -0.3 is 14.7 Å². The Balaban J connectivity index is 1.59. The molecule has 3 aromatic heterocycles. The maximum absolute atomic E-state index is 14.5. The smallest absolute Gasteiger partial charge is 0.303 e. The summed E-state index contributed by atoms with van der Waals surface area (Å²) in [7, 11) is 1.70. The Morgan fingerprint density at radius 1 is 1.29 bits per heavy atom. The molecule has 204 valence electrons. The number of carboxylic acids is 1. The number of halogens is 2. The van der Waals surface area contributed by atoms with Gasteiger partial charge in [-0.25, -0.2) is 18.4 Å². The lowest BCUT2D eigenvalue weighted by Gasteiger charge is -2.39. The highest BCUT2D eigenvalue weighted by Gasteiger charge is 2.41. The lowest BCUT2D eigenvalue weighted by molar-refractivity contribution is -0.139. The van der Waals surface area contributed by atoms with E-state index in [2.05, 4.69) is 15.4 Å². The predicted octanol–water partition coefficient (Wildman–Crippen LogP) is 2.92. The van der Waals surface area contributed by atoms with E-state index in [0.717, 1.165) is 6.42 Å². The highest BCUT2D eigenvalue weighted by atomic mass is 19.3. The zero-order valence-electron chi connectivity index (χ0n) is 21.6. The number of aliphatic carboxylic acids is 1. The monoisotopic (exact) mass is 531 g/mol. The predicted molar refractivity (Wildman–Crippen MR) is 134 cm³/mol. The lowest BCUT2D eigenvalue weighted by Crippen LogP contribution is -2.48. The minimum absolute atomic E-state index is 0.00428. The second-order valence-corrected chi connectivity index (χ2v) is 9.48. The van der Waals surface area contributed by atoms with Crippen molar-refractivity contribution >= 4 is 11.7 Å². The van der Waals surface area contributed by atoms with E-state index in [1.165, 1.54) is 15.8 Å². The molecule has 0 radical (unpaired) electrons. The first-order valence-electron chi connectivity index (χ1n) is 12.5. The molecular formula is C25H31F2N7O4. The summed E-state index contributed by atoms with van der Waals surface area (Å²) in [5.74, 6) is -4.61. The summed E-state index contributed by atoms with van der Waals surface area (Å²) in [6.45, 7) is 4.24. The Bertz CT molecular complexity index is 1360. The van der Waals surface area contributed by atoms with Crippen LogP contribution in [0.4, 0.5) is 14.5 Å². The van der Waals surface area contributed by atoms with Gasteiger partial charge in [0.25, 0.3) is 5.92 Å². The summed E-state index contributed by atoms with van der Waals surface area (Å²) >= 11 is 0. The van der Waals surface area contributed by atoms with Crippen LogP contribution in [0.5, 0.6) is 5.75 Å². The first-order valence-corrected chi connectivity index (χ1v) is 12.5. The Morgan fingerprint density at radius 3 is 2.79 bits per heavy atom. The molecule has 38 heavy (non-hydrogen) atoms. The number of nitrogens with zero attached hydrogens (tertiary/aromatic N) is 7. The van der Waals surface area contributed by atoms with Crippen molar-refractivity contribution in [1.82, 2.24) is 29.8 Å². The van der Waals surface area contributed by atoms with Crippen LogP contribution in [0, 0.1) is 5.92 Å². The maximum atomic E-state index is 14.5. The van der Waals surface area contributed by atoms with Gasteiger partial charge in [0.05, 0.1) is 42.4 Å². The van der Waals surface area contributed by atoms with Gasteiger partial charge >= 0.3 is 5.97 Å². The molecule has 4 rings (SSSR count). The Labute approximate surface area is 218 Å². The van der Waals surface area contributed by atoms with Crippen LogP contribution in [0.1, 0.15) is 44.5 Å². The topological polar surface area (TPSA) is 128 Å². The average molecular weight is 532 g/mol. The molecule has 13 heteroatoms. The van der Waals surface area contributed by atoms with Gasteiger partial charge in [0.1, 0.15) is 18.0 Å². The second kappa shape index (κ2) is 11.2. The Morgan fingerprint density at radius 2 is 2.08 bits per heavy atom. The van der Waals surface area contributed by atoms with E-state index in [-0.39, 0.29) is 30.8 Å². The van der Waals surface area contributed by atoms with Crippen molar-refractivity contribution in [3.05, 3.63) is 46.1 Å². The molecule has 0 aliphatic carbocycles. The molecule has 0 unspecified atom stereocenters. The van der Waals surface area contributed by atoms with E-state index in [9.17, 15) is 18.4 Å². The normalized spacial score (nSPS) is 17.0. The van der Waals surface area contributed by atoms with Crippen LogP contribution in [0.25, 0.3) is 11.4 Å². The summed E-state index contributed by atoms with van der Waals surface area (Å²) in [6, 6.07) is 3.40. The highest BCUT2D eigenvalue weighted by Crippen LogP contribution is 2.36. The van der Waals surface area contributed by atoms with E-state index in [4.69, 9.17) is 14.8 Å². The van der Waals surface area contributed by atoms with Crippen molar-refractivity contribution in [1.29, 1.82) is 0 Å². The number of ether oxygens (including phenoxy) is 1. The molecule has 0 amide bonds. The summed E-state index contributed by atoms with van der Waals surface area (Å²) < 4.78 is 37.9. The number of alkyl halides is 2. The molecule has 0 saturated carbocycles. The Kier molecular flexibility index (Phi) is 8.02. The van der Waals surface area contributed by atoms with Gasteiger partial charge in [0.15, 0.2) is 5.75 Å². The van der Waals surface area contributed by atoms with Crippen molar-refractivity contribution in [2.45, 2.75) is 58.6 Å². The minimum atomic E-state index is -3.00. The number of pyridine rings is 1. The fourth-order valence-corrected chi connectivity index (χ4v) is 4.71.